The van der Waals surface area contributed by atoms with E-state index in [0.29, 0.717) is 5.02 Å². The monoisotopic (exact) mass is 382 g/mol. The van der Waals surface area contributed by atoms with Crippen molar-refractivity contribution >= 4 is 23.2 Å². The average molecular weight is 383 g/mol. The molecule has 1 atom stereocenters. The van der Waals surface area contributed by atoms with Gasteiger partial charge in [0.1, 0.15) is 0 Å². The number of para-hydroxylation sites is 1. The molecular weight excluding hydrogens is 360 g/mol. The third-order valence-corrected chi connectivity index (χ3v) is 4.71. The molecule has 6 heteroatoms. The summed E-state index contributed by atoms with van der Waals surface area (Å²) in [5.41, 5.74) is 4.44. The predicted molar refractivity (Wildman–Crippen MR) is 110 cm³/mol. The number of carbonyl (C=O) groups excluding carboxylic acids is 1. The zero-order chi connectivity index (χ0) is 19.4. The van der Waals surface area contributed by atoms with E-state index in [1.54, 1.807) is 0 Å². The Kier molecular flexibility index (Phi) is 5.94. The fourth-order valence-corrected chi connectivity index (χ4v) is 3.17. The van der Waals surface area contributed by atoms with Crippen LogP contribution in [0.15, 0.2) is 54.6 Å². The van der Waals surface area contributed by atoms with Gasteiger partial charge >= 0.3 is 0 Å². The van der Waals surface area contributed by atoms with Gasteiger partial charge in [0.2, 0.25) is 5.91 Å². The summed E-state index contributed by atoms with van der Waals surface area (Å²) in [6.45, 7) is 6.04. The number of benzene rings is 2. The van der Waals surface area contributed by atoms with Crippen LogP contribution in [0.5, 0.6) is 0 Å². The first-order valence-corrected chi connectivity index (χ1v) is 9.24. The first-order valence-electron chi connectivity index (χ1n) is 8.86. The van der Waals surface area contributed by atoms with Crippen LogP contribution in [-0.2, 0) is 4.79 Å². The quantitative estimate of drug-likeness (QED) is 0.663. The van der Waals surface area contributed by atoms with Crippen LogP contribution in [0.4, 0.5) is 5.69 Å². The molecule has 27 heavy (non-hydrogen) atoms. The highest BCUT2D eigenvalue weighted by Gasteiger charge is 2.16. The van der Waals surface area contributed by atoms with E-state index >= 15 is 0 Å². The van der Waals surface area contributed by atoms with Crippen molar-refractivity contribution in [2.45, 2.75) is 26.8 Å². The highest BCUT2D eigenvalue weighted by atomic mass is 35.5. The Balaban J connectivity index is 1.65. The second-order valence-corrected chi connectivity index (χ2v) is 6.94. The van der Waals surface area contributed by atoms with Crippen molar-refractivity contribution in [1.29, 1.82) is 0 Å². The number of aromatic nitrogens is 2. The molecule has 3 aromatic rings. The molecule has 3 rings (SSSR count). The van der Waals surface area contributed by atoms with Crippen LogP contribution in [-0.4, -0.2) is 22.2 Å². The van der Waals surface area contributed by atoms with Crippen LogP contribution in [0.2, 0.25) is 5.02 Å². The van der Waals surface area contributed by atoms with E-state index in [-0.39, 0.29) is 18.5 Å². The number of hydrogen-bond donors (Lipinski definition) is 2. The minimum Gasteiger partial charge on any atom is -0.322 e. The van der Waals surface area contributed by atoms with Gasteiger partial charge in [-0.1, -0.05) is 41.9 Å². The molecule has 0 aliphatic heterocycles. The summed E-state index contributed by atoms with van der Waals surface area (Å²) >= 11 is 6.03. The van der Waals surface area contributed by atoms with Gasteiger partial charge in [0.15, 0.2) is 0 Å². The lowest BCUT2D eigenvalue weighted by Gasteiger charge is -2.14. The molecule has 0 spiro atoms. The maximum atomic E-state index is 12.4. The van der Waals surface area contributed by atoms with Crippen molar-refractivity contribution in [1.82, 2.24) is 15.1 Å². The van der Waals surface area contributed by atoms with E-state index < -0.39 is 0 Å². The van der Waals surface area contributed by atoms with Crippen molar-refractivity contribution in [2.75, 3.05) is 11.9 Å². The summed E-state index contributed by atoms with van der Waals surface area (Å²) in [7, 11) is 0. The predicted octanol–water partition coefficient (Wildman–Crippen LogP) is 4.43. The van der Waals surface area contributed by atoms with Gasteiger partial charge in [0, 0.05) is 11.1 Å². The van der Waals surface area contributed by atoms with Crippen LogP contribution in [0.25, 0.3) is 5.69 Å². The van der Waals surface area contributed by atoms with E-state index in [1.807, 2.05) is 80.1 Å². The zero-order valence-corrected chi connectivity index (χ0v) is 16.4. The van der Waals surface area contributed by atoms with Crippen LogP contribution in [0.3, 0.4) is 0 Å². The van der Waals surface area contributed by atoms with Gasteiger partial charge < -0.3 is 10.6 Å². The van der Waals surface area contributed by atoms with E-state index in [9.17, 15) is 4.79 Å². The highest BCUT2D eigenvalue weighted by molar-refractivity contribution is 6.30. The van der Waals surface area contributed by atoms with Crippen molar-refractivity contribution in [2.24, 2.45) is 0 Å². The van der Waals surface area contributed by atoms with Crippen molar-refractivity contribution in [3.8, 4) is 5.69 Å². The molecule has 0 radical (unpaired) electrons. The van der Waals surface area contributed by atoms with E-state index in [2.05, 4.69) is 15.7 Å². The maximum absolute atomic E-state index is 12.4. The van der Waals surface area contributed by atoms with Gasteiger partial charge in [-0.3, -0.25) is 4.79 Å². The number of nitrogens with one attached hydrogen (secondary N) is 2. The van der Waals surface area contributed by atoms with Crippen LogP contribution >= 0.6 is 11.6 Å². The van der Waals surface area contributed by atoms with E-state index in [4.69, 9.17) is 11.6 Å². The molecule has 140 valence electrons. The van der Waals surface area contributed by atoms with Crippen molar-refractivity contribution < 1.29 is 4.79 Å². The summed E-state index contributed by atoms with van der Waals surface area (Å²) < 4.78 is 1.84. The lowest BCUT2D eigenvalue weighted by Crippen LogP contribution is -2.30. The number of amides is 1. The molecule has 0 aliphatic carbocycles. The summed E-state index contributed by atoms with van der Waals surface area (Å²) in [6.07, 6.45) is 0. The number of aryl methyl sites for hydroxylation is 1. The largest absolute Gasteiger partial charge is 0.322 e. The Morgan fingerprint density at radius 2 is 1.89 bits per heavy atom. The minimum atomic E-state index is -0.109. The summed E-state index contributed by atoms with van der Waals surface area (Å²) in [4.78, 5) is 12.4. The van der Waals surface area contributed by atoms with Crippen LogP contribution < -0.4 is 10.6 Å². The van der Waals surface area contributed by atoms with Gasteiger partial charge in [0.25, 0.3) is 0 Å². The van der Waals surface area contributed by atoms with Gasteiger partial charge in [-0.15, -0.1) is 0 Å². The molecule has 2 aromatic carbocycles. The molecule has 1 amide bonds. The second-order valence-electron chi connectivity index (χ2n) is 6.50. The Bertz CT molecular complexity index is 937. The summed E-state index contributed by atoms with van der Waals surface area (Å²) in [6, 6.07) is 17.5. The van der Waals surface area contributed by atoms with Crippen LogP contribution in [0, 0.1) is 13.8 Å². The van der Waals surface area contributed by atoms with Crippen LogP contribution in [0.1, 0.15) is 29.9 Å². The molecular formula is C21H23ClN4O. The van der Waals surface area contributed by atoms with E-state index in [0.717, 1.165) is 28.3 Å². The van der Waals surface area contributed by atoms with Gasteiger partial charge in [0.05, 0.1) is 29.3 Å². The Morgan fingerprint density at radius 1 is 1.15 bits per heavy atom. The van der Waals surface area contributed by atoms with Gasteiger partial charge in [-0.05, 0) is 50.6 Å². The SMILES string of the molecule is Cc1nn(-c2ccccc2)c(C)c1NC(=O)CN[C@@H](C)c1cccc(Cl)c1. The molecule has 0 fully saturated rings. The normalized spacial score (nSPS) is 12.0. The third-order valence-electron chi connectivity index (χ3n) is 4.47. The van der Waals surface area contributed by atoms with Gasteiger partial charge in [-0.2, -0.15) is 5.10 Å². The number of carbonyl (C=O) groups is 1. The lowest BCUT2D eigenvalue weighted by molar-refractivity contribution is -0.115. The van der Waals surface area contributed by atoms with Crippen molar-refractivity contribution in [3.63, 3.8) is 0 Å². The third kappa shape index (κ3) is 4.56. The first-order chi connectivity index (χ1) is 13.0. The Labute approximate surface area is 164 Å². The average Bonchev–Trinajstić information content (AvgIpc) is 2.95. The number of nitrogens with zero attached hydrogens (tertiary/aromatic N) is 2. The summed E-state index contributed by atoms with van der Waals surface area (Å²) in [5.74, 6) is -0.109. The lowest BCUT2D eigenvalue weighted by atomic mass is 10.1. The number of hydrogen-bond acceptors (Lipinski definition) is 3. The fourth-order valence-electron chi connectivity index (χ4n) is 2.97. The zero-order valence-electron chi connectivity index (χ0n) is 15.7. The van der Waals surface area contributed by atoms with Crippen molar-refractivity contribution in [3.05, 3.63) is 76.6 Å². The molecule has 0 saturated carbocycles. The highest BCUT2D eigenvalue weighted by Crippen LogP contribution is 2.23. The molecule has 5 nitrogen and oxygen atoms in total. The number of anilines is 1. The molecule has 0 bridgehead atoms. The van der Waals surface area contributed by atoms with E-state index in [1.165, 1.54) is 0 Å². The minimum absolute atomic E-state index is 0.0173. The molecule has 1 aromatic heterocycles. The maximum Gasteiger partial charge on any atom is 0.238 e. The molecule has 1 heterocycles. The number of halogens is 1. The Morgan fingerprint density at radius 3 is 2.59 bits per heavy atom. The second kappa shape index (κ2) is 8.37. The smallest absolute Gasteiger partial charge is 0.238 e. The standard InChI is InChI=1S/C21H23ClN4O/c1-14(17-8-7-9-18(22)12-17)23-13-20(27)24-21-15(2)25-26(16(21)3)19-10-5-4-6-11-19/h4-12,14,23H,13H2,1-3H3,(H,24,27)/t14-/m0/s1. The van der Waals surface area contributed by atoms with Gasteiger partial charge in [-0.25, -0.2) is 4.68 Å². The molecule has 0 saturated heterocycles. The molecule has 0 unspecified atom stereocenters. The molecule has 0 aliphatic rings. The fraction of sp³-hybridized carbons (Fsp3) is 0.238. The Hall–Kier alpha value is -2.63. The molecule has 2 N–H and O–H groups in total. The first kappa shape index (κ1) is 19.1. The topological polar surface area (TPSA) is 59.0 Å². The summed E-state index contributed by atoms with van der Waals surface area (Å²) in [5, 5.41) is 11.4. The number of rotatable bonds is 6.